The molecule has 0 nitrogen and oxygen atoms in total. The summed E-state index contributed by atoms with van der Waals surface area (Å²) in [6, 6.07) is 0. The van der Waals surface area contributed by atoms with Crippen LogP contribution in [0.3, 0.4) is 0 Å². The van der Waals surface area contributed by atoms with Gasteiger partial charge in [-0.25, -0.2) is 0 Å². The molecule has 0 aromatic heterocycles. The molecule has 0 aromatic carbocycles. The van der Waals surface area contributed by atoms with Crippen LogP contribution in [0.25, 0.3) is 0 Å². The van der Waals surface area contributed by atoms with E-state index in [1.165, 1.54) is 38.5 Å². The van der Waals surface area contributed by atoms with Crippen molar-refractivity contribution >= 4 is 15.5 Å². The fourth-order valence-electron chi connectivity index (χ4n) is 5.69. The van der Waals surface area contributed by atoms with Crippen molar-refractivity contribution in [2.45, 2.75) is 98.2 Å². The van der Waals surface area contributed by atoms with Crippen molar-refractivity contribution in [3.8, 4) is 0 Å². The van der Waals surface area contributed by atoms with Gasteiger partial charge in [-0.15, -0.1) is 0 Å². The molecule has 2 fully saturated rings. The summed E-state index contributed by atoms with van der Waals surface area (Å²) in [4.78, 5) is 0. The van der Waals surface area contributed by atoms with Crippen LogP contribution in [0.2, 0.25) is 18.2 Å². The Labute approximate surface area is 146 Å². The monoisotopic (exact) mass is 327 g/mol. The maximum atomic E-state index is 2.65. The molecule has 3 heterocycles. The van der Waals surface area contributed by atoms with Gasteiger partial charge in [-0.2, -0.15) is 0 Å². The molecule has 0 amide bonds. The Morgan fingerprint density at radius 2 is 1.39 bits per heavy atom. The lowest BCUT2D eigenvalue weighted by Gasteiger charge is -2.51. The highest BCUT2D eigenvalue weighted by atomic mass is 28.3. The number of hydrogen-bond donors (Lipinski definition) is 0. The lowest BCUT2D eigenvalue weighted by atomic mass is 9.24. The van der Waals surface area contributed by atoms with Crippen molar-refractivity contribution in [3.63, 3.8) is 0 Å². The van der Waals surface area contributed by atoms with Crippen LogP contribution in [0.1, 0.15) is 80.1 Å². The van der Waals surface area contributed by atoms with Crippen LogP contribution in [0.15, 0.2) is 21.9 Å². The minimum absolute atomic E-state index is 0.319. The van der Waals surface area contributed by atoms with Gasteiger partial charge in [-0.1, -0.05) is 120 Å². The lowest BCUT2D eigenvalue weighted by molar-refractivity contribution is 0.444. The van der Waals surface area contributed by atoms with Gasteiger partial charge in [-0.05, 0) is 10.8 Å². The minimum atomic E-state index is -0.446. The molecule has 3 aliphatic heterocycles. The van der Waals surface area contributed by atoms with Crippen LogP contribution in [0.4, 0.5) is 0 Å². The van der Waals surface area contributed by atoms with Crippen LogP contribution in [-0.4, -0.2) is 15.5 Å². The van der Waals surface area contributed by atoms with E-state index in [4.69, 9.17) is 0 Å². The molecular formula is C21H36BSi. The van der Waals surface area contributed by atoms with E-state index in [-0.39, 0.29) is 0 Å². The fraction of sp³-hybridized carbons (Fsp3) is 0.810. The van der Waals surface area contributed by atoms with Gasteiger partial charge in [0, 0.05) is 0 Å². The quantitative estimate of drug-likeness (QED) is 0.472. The molecule has 3 rings (SSSR count). The lowest BCUT2D eigenvalue weighted by Crippen LogP contribution is -2.48. The second-order valence-corrected chi connectivity index (χ2v) is 12.8. The van der Waals surface area contributed by atoms with E-state index in [0.29, 0.717) is 10.8 Å². The normalized spacial score (nSPS) is 31.6. The Morgan fingerprint density at radius 3 is 1.78 bits per heavy atom. The van der Waals surface area contributed by atoms with E-state index in [9.17, 15) is 0 Å². The third-order valence-corrected chi connectivity index (χ3v) is 9.31. The Hall–Kier alpha value is -0.238. The maximum absolute atomic E-state index is 2.65. The zero-order chi connectivity index (χ0) is 17.0. The second-order valence-electron chi connectivity index (χ2n) is 10.5. The first-order valence-corrected chi connectivity index (χ1v) is 11.9. The van der Waals surface area contributed by atoms with Gasteiger partial charge in [0.1, 0.15) is 8.80 Å². The Balaban J connectivity index is 2.07. The number of fused-ring (bicyclic) bond motifs is 2. The highest BCUT2D eigenvalue weighted by molar-refractivity contribution is 6.88. The molecule has 127 valence electrons. The molecule has 0 unspecified atom stereocenters. The molecule has 2 saturated heterocycles. The summed E-state index contributed by atoms with van der Waals surface area (Å²) in [6.07, 6.45) is 11.6. The highest BCUT2D eigenvalue weighted by Gasteiger charge is 2.50. The average molecular weight is 327 g/mol. The highest BCUT2D eigenvalue weighted by Crippen LogP contribution is 2.56. The first-order valence-electron chi connectivity index (χ1n) is 9.92. The molecule has 2 bridgehead atoms. The van der Waals surface area contributed by atoms with Crippen molar-refractivity contribution in [2.75, 3.05) is 0 Å². The third-order valence-electron chi connectivity index (χ3n) is 6.31. The summed E-state index contributed by atoms with van der Waals surface area (Å²) < 4.78 is 0. The molecule has 0 spiro atoms. The van der Waals surface area contributed by atoms with Crippen LogP contribution >= 0.6 is 0 Å². The summed E-state index contributed by atoms with van der Waals surface area (Å²) in [5.41, 5.74) is 2.57. The van der Waals surface area contributed by atoms with Crippen LogP contribution in [-0.2, 0) is 0 Å². The van der Waals surface area contributed by atoms with Gasteiger partial charge in [0.2, 0.25) is 0 Å². The van der Waals surface area contributed by atoms with Gasteiger partial charge in [-0.3, -0.25) is 0 Å². The van der Waals surface area contributed by atoms with Gasteiger partial charge in [0.15, 0.2) is 6.71 Å². The number of rotatable bonds is 1. The molecule has 3 aliphatic rings. The SMILES string of the molecule is C[Si]1C(C(C)(C)C)=C(B2C3CCCC2CCC3)/C1=C/C(C)(C)C. The first kappa shape index (κ1) is 17.6. The maximum Gasteiger partial charge on any atom is 0.181 e. The van der Waals surface area contributed by atoms with Crippen molar-refractivity contribution in [2.24, 2.45) is 10.8 Å². The molecule has 0 atom stereocenters. The Kier molecular flexibility index (Phi) is 4.54. The fourth-order valence-corrected chi connectivity index (χ4v) is 8.95. The summed E-state index contributed by atoms with van der Waals surface area (Å²) >= 11 is 0. The van der Waals surface area contributed by atoms with Crippen LogP contribution in [0.5, 0.6) is 0 Å². The van der Waals surface area contributed by atoms with E-state index >= 15 is 0 Å². The van der Waals surface area contributed by atoms with E-state index in [1.807, 2.05) is 15.9 Å². The predicted octanol–water partition coefficient (Wildman–Crippen LogP) is 6.66. The summed E-state index contributed by atoms with van der Waals surface area (Å²) in [5.74, 6) is 1.99. The second kappa shape index (κ2) is 5.93. The molecule has 0 aliphatic carbocycles. The van der Waals surface area contributed by atoms with Crippen LogP contribution < -0.4 is 0 Å². The minimum Gasteiger partial charge on any atom is -0.0841 e. The van der Waals surface area contributed by atoms with E-state index in [1.54, 1.807) is 0 Å². The summed E-state index contributed by atoms with van der Waals surface area (Å²) in [7, 11) is -0.446. The number of hydrogen-bond acceptors (Lipinski definition) is 0. The Bertz CT molecular complexity index is 507. The topological polar surface area (TPSA) is 0 Å². The molecule has 0 N–H and O–H groups in total. The summed E-state index contributed by atoms with van der Waals surface area (Å²) in [5, 5.41) is 3.71. The zero-order valence-corrected chi connectivity index (χ0v) is 17.6. The molecule has 2 heteroatoms. The van der Waals surface area contributed by atoms with Crippen LogP contribution in [0, 0.1) is 10.8 Å². The smallest absolute Gasteiger partial charge is 0.0841 e. The van der Waals surface area contributed by atoms with E-state index in [2.05, 4.69) is 54.2 Å². The van der Waals surface area contributed by atoms with Gasteiger partial charge in [0.25, 0.3) is 0 Å². The molecule has 1 radical (unpaired) electrons. The standard InChI is InChI=1S/C21H36BSi/c1-20(2,3)14-17-18(19(23(17)7)21(4,5)6)22-15-10-8-11-16(22)13-9-12-15/h14-16H,8-13H2,1-7H3/b17-14-. The van der Waals surface area contributed by atoms with Gasteiger partial charge < -0.3 is 0 Å². The molecule has 23 heavy (non-hydrogen) atoms. The van der Waals surface area contributed by atoms with Gasteiger partial charge in [0.05, 0.1) is 0 Å². The van der Waals surface area contributed by atoms with E-state index < -0.39 is 8.80 Å². The zero-order valence-electron chi connectivity index (χ0n) is 16.6. The van der Waals surface area contributed by atoms with E-state index in [0.717, 1.165) is 18.3 Å². The van der Waals surface area contributed by atoms with Gasteiger partial charge >= 0.3 is 0 Å². The predicted molar refractivity (Wildman–Crippen MR) is 107 cm³/mol. The average Bonchev–Trinajstić information content (AvgIpc) is 2.38. The molecule has 0 saturated carbocycles. The summed E-state index contributed by atoms with van der Waals surface area (Å²) in [6.45, 7) is 18.0. The molecular weight excluding hydrogens is 291 g/mol. The third kappa shape index (κ3) is 3.30. The molecule has 0 aromatic rings. The Morgan fingerprint density at radius 1 is 0.913 bits per heavy atom. The number of allylic oxidation sites excluding steroid dienone is 4. The van der Waals surface area contributed by atoms with Crippen molar-refractivity contribution in [3.05, 3.63) is 21.9 Å². The largest absolute Gasteiger partial charge is 0.181 e. The van der Waals surface area contributed by atoms with Crippen molar-refractivity contribution < 1.29 is 0 Å². The van der Waals surface area contributed by atoms with Crippen molar-refractivity contribution in [1.29, 1.82) is 0 Å². The first-order chi connectivity index (χ1) is 10.6. The van der Waals surface area contributed by atoms with Crippen molar-refractivity contribution in [1.82, 2.24) is 0 Å².